The van der Waals surface area contributed by atoms with E-state index in [9.17, 15) is 0 Å². The van der Waals surface area contributed by atoms with Crippen LogP contribution in [0.15, 0.2) is 0 Å². The molecule has 0 aromatic rings. The van der Waals surface area contributed by atoms with Gasteiger partial charge >= 0.3 is 0 Å². The molecule has 0 saturated carbocycles. The second kappa shape index (κ2) is 10.4. The molecule has 0 amide bonds. The average molecular weight is 217 g/mol. The first-order valence-corrected chi connectivity index (χ1v) is 6.21. The summed E-state index contributed by atoms with van der Waals surface area (Å²) >= 11 is 0. The molecule has 15 heavy (non-hydrogen) atoms. The number of nitrogens with zero attached hydrogens (tertiary/aromatic N) is 1. The summed E-state index contributed by atoms with van der Waals surface area (Å²) in [6, 6.07) is 0. The lowest BCUT2D eigenvalue weighted by Crippen LogP contribution is -2.37. The third-order valence-electron chi connectivity index (χ3n) is 2.17. The molecule has 0 unspecified atom stereocenters. The van der Waals surface area contributed by atoms with E-state index in [1.165, 1.54) is 0 Å². The summed E-state index contributed by atoms with van der Waals surface area (Å²) < 4.78 is 10.7. The average Bonchev–Trinajstić information content (AvgIpc) is 2.28. The molecular weight excluding hydrogens is 190 g/mol. The normalized spacial score (nSPS) is 17.4. The molecule has 1 fully saturated rings. The minimum Gasteiger partial charge on any atom is -0.379 e. The van der Waals surface area contributed by atoms with Crippen LogP contribution < -0.4 is 0 Å². The Morgan fingerprint density at radius 1 is 1.20 bits per heavy atom. The zero-order valence-corrected chi connectivity index (χ0v) is 10.8. The summed E-state index contributed by atoms with van der Waals surface area (Å²) in [5.74, 6) is 0. The highest BCUT2D eigenvalue weighted by molar-refractivity contribution is 4.61. The molecule has 1 aliphatic heterocycles. The van der Waals surface area contributed by atoms with Crippen molar-refractivity contribution >= 4 is 0 Å². The van der Waals surface area contributed by atoms with Gasteiger partial charge in [-0.3, -0.25) is 4.90 Å². The minimum atomic E-state index is 0.365. The Kier molecular flexibility index (Phi) is 10.3. The van der Waals surface area contributed by atoms with Crippen molar-refractivity contribution in [1.82, 2.24) is 4.90 Å². The maximum atomic E-state index is 5.47. The lowest BCUT2D eigenvalue weighted by molar-refractivity contribution is 0.0266. The van der Waals surface area contributed by atoms with E-state index in [1.54, 1.807) is 0 Å². The first kappa shape index (κ1) is 14.9. The van der Waals surface area contributed by atoms with Crippen LogP contribution in [-0.2, 0) is 9.47 Å². The van der Waals surface area contributed by atoms with E-state index in [0.29, 0.717) is 6.10 Å². The molecule has 0 N–H and O–H groups in total. The molecule has 1 aliphatic rings. The number of morpholine rings is 1. The summed E-state index contributed by atoms with van der Waals surface area (Å²) in [6.07, 6.45) is 1.50. The molecule has 0 aromatic carbocycles. The largest absolute Gasteiger partial charge is 0.379 e. The third-order valence-corrected chi connectivity index (χ3v) is 2.17. The van der Waals surface area contributed by atoms with Crippen molar-refractivity contribution in [2.75, 3.05) is 39.5 Å². The molecule has 0 bridgehead atoms. The van der Waals surface area contributed by atoms with Crippen molar-refractivity contribution in [3.05, 3.63) is 0 Å². The summed E-state index contributed by atoms with van der Waals surface area (Å²) in [4.78, 5) is 2.44. The van der Waals surface area contributed by atoms with Crippen LogP contribution in [0.25, 0.3) is 0 Å². The second-order valence-corrected chi connectivity index (χ2v) is 3.73. The van der Waals surface area contributed by atoms with Gasteiger partial charge in [0, 0.05) is 26.2 Å². The summed E-state index contributed by atoms with van der Waals surface area (Å²) in [7, 11) is 0. The Morgan fingerprint density at radius 2 is 1.80 bits per heavy atom. The molecule has 1 heterocycles. The van der Waals surface area contributed by atoms with E-state index >= 15 is 0 Å². The number of ether oxygens (including phenoxy) is 2. The minimum absolute atomic E-state index is 0.365. The van der Waals surface area contributed by atoms with Gasteiger partial charge in [-0.1, -0.05) is 13.8 Å². The Hall–Kier alpha value is -0.120. The molecule has 0 atom stereocenters. The predicted molar refractivity (Wildman–Crippen MR) is 64.3 cm³/mol. The maximum absolute atomic E-state index is 5.47. The van der Waals surface area contributed by atoms with E-state index in [4.69, 9.17) is 9.47 Å². The molecular formula is C12H27NO2. The molecule has 3 heteroatoms. The first-order valence-electron chi connectivity index (χ1n) is 6.21. The predicted octanol–water partition coefficient (Wildman–Crippen LogP) is 2.16. The fraction of sp³-hybridized carbons (Fsp3) is 1.00. The van der Waals surface area contributed by atoms with Gasteiger partial charge < -0.3 is 9.47 Å². The fourth-order valence-corrected chi connectivity index (χ4v) is 1.43. The smallest absolute Gasteiger partial charge is 0.0594 e. The molecule has 0 spiro atoms. The lowest BCUT2D eigenvalue weighted by Gasteiger charge is -2.26. The van der Waals surface area contributed by atoms with Crippen LogP contribution in [0.1, 0.15) is 34.1 Å². The van der Waals surface area contributed by atoms with Crippen LogP contribution in [0.4, 0.5) is 0 Å². The van der Waals surface area contributed by atoms with Gasteiger partial charge in [-0.25, -0.2) is 0 Å². The highest BCUT2D eigenvalue weighted by Crippen LogP contribution is 1.98. The molecule has 0 radical (unpaired) electrons. The molecule has 0 aliphatic carbocycles. The first-order chi connectivity index (χ1) is 7.29. The monoisotopic (exact) mass is 217 g/mol. The van der Waals surface area contributed by atoms with Gasteiger partial charge in [0.25, 0.3) is 0 Å². The summed E-state index contributed by atoms with van der Waals surface area (Å²) in [5, 5.41) is 0. The SMILES string of the molecule is CC.CC(C)OCCCN1CCOCC1. The highest BCUT2D eigenvalue weighted by atomic mass is 16.5. The lowest BCUT2D eigenvalue weighted by atomic mass is 10.3. The molecule has 1 rings (SSSR count). The van der Waals surface area contributed by atoms with Crippen molar-refractivity contribution < 1.29 is 9.47 Å². The van der Waals surface area contributed by atoms with Crippen LogP contribution >= 0.6 is 0 Å². The number of rotatable bonds is 5. The summed E-state index contributed by atoms with van der Waals surface area (Å²) in [5.41, 5.74) is 0. The molecule has 3 nitrogen and oxygen atoms in total. The Morgan fingerprint density at radius 3 is 2.33 bits per heavy atom. The number of hydrogen-bond donors (Lipinski definition) is 0. The Bertz CT molecular complexity index is 123. The zero-order chi connectivity index (χ0) is 11.5. The van der Waals surface area contributed by atoms with E-state index in [0.717, 1.165) is 45.9 Å². The van der Waals surface area contributed by atoms with Gasteiger partial charge in [0.1, 0.15) is 0 Å². The van der Waals surface area contributed by atoms with Crippen LogP contribution in [-0.4, -0.2) is 50.5 Å². The van der Waals surface area contributed by atoms with E-state index in [1.807, 2.05) is 13.8 Å². The molecule has 1 saturated heterocycles. The standard InChI is InChI=1S/C10H21NO2.C2H6/c1-10(2)13-7-3-4-11-5-8-12-9-6-11;1-2/h10H,3-9H2,1-2H3;1-2H3. The highest BCUT2D eigenvalue weighted by Gasteiger charge is 2.08. The van der Waals surface area contributed by atoms with Gasteiger partial charge in [0.15, 0.2) is 0 Å². The van der Waals surface area contributed by atoms with Crippen LogP contribution in [0.5, 0.6) is 0 Å². The van der Waals surface area contributed by atoms with Crippen molar-refractivity contribution in [3.63, 3.8) is 0 Å². The summed E-state index contributed by atoms with van der Waals surface area (Å²) in [6.45, 7) is 14.1. The van der Waals surface area contributed by atoms with Crippen molar-refractivity contribution in [2.45, 2.75) is 40.2 Å². The van der Waals surface area contributed by atoms with Crippen molar-refractivity contribution in [2.24, 2.45) is 0 Å². The van der Waals surface area contributed by atoms with Gasteiger partial charge in [-0.2, -0.15) is 0 Å². The van der Waals surface area contributed by atoms with Crippen LogP contribution in [0.2, 0.25) is 0 Å². The van der Waals surface area contributed by atoms with E-state index < -0.39 is 0 Å². The third kappa shape index (κ3) is 8.85. The second-order valence-electron chi connectivity index (χ2n) is 3.73. The van der Waals surface area contributed by atoms with E-state index in [-0.39, 0.29) is 0 Å². The molecule has 92 valence electrons. The van der Waals surface area contributed by atoms with Gasteiger partial charge in [-0.05, 0) is 20.3 Å². The van der Waals surface area contributed by atoms with Crippen LogP contribution in [0, 0.1) is 0 Å². The topological polar surface area (TPSA) is 21.7 Å². The van der Waals surface area contributed by atoms with Gasteiger partial charge in [0.2, 0.25) is 0 Å². The zero-order valence-electron chi connectivity index (χ0n) is 10.8. The van der Waals surface area contributed by atoms with Gasteiger partial charge in [0.05, 0.1) is 19.3 Å². The van der Waals surface area contributed by atoms with Crippen molar-refractivity contribution in [1.29, 1.82) is 0 Å². The van der Waals surface area contributed by atoms with Crippen molar-refractivity contribution in [3.8, 4) is 0 Å². The van der Waals surface area contributed by atoms with Crippen LogP contribution in [0.3, 0.4) is 0 Å². The fourth-order valence-electron chi connectivity index (χ4n) is 1.43. The van der Waals surface area contributed by atoms with E-state index in [2.05, 4.69) is 18.7 Å². The quantitative estimate of drug-likeness (QED) is 0.659. The Labute approximate surface area is 94.7 Å². The Balaban J connectivity index is 0.000000921. The number of hydrogen-bond acceptors (Lipinski definition) is 3. The van der Waals surface area contributed by atoms with Gasteiger partial charge in [-0.15, -0.1) is 0 Å². The molecule has 0 aromatic heterocycles. The maximum Gasteiger partial charge on any atom is 0.0594 e.